The molecule has 2 aliphatic rings. The molecular formula is C16H29NO2. The molecule has 0 aromatic rings. The highest BCUT2D eigenvalue weighted by Crippen LogP contribution is 2.38. The maximum absolute atomic E-state index is 12.3. The third-order valence-electron chi connectivity index (χ3n) is 5.11. The number of ether oxygens (including phenoxy) is 1. The molecule has 0 aromatic heterocycles. The second-order valence-corrected chi connectivity index (χ2v) is 6.42. The van der Waals surface area contributed by atoms with Crippen molar-refractivity contribution in [2.75, 3.05) is 7.11 Å². The highest BCUT2D eigenvalue weighted by Gasteiger charge is 2.46. The molecule has 2 saturated carbocycles. The van der Waals surface area contributed by atoms with E-state index in [-0.39, 0.29) is 11.5 Å². The van der Waals surface area contributed by atoms with Gasteiger partial charge < -0.3 is 4.74 Å². The van der Waals surface area contributed by atoms with E-state index in [9.17, 15) is 4.79 Å². The van der Waals surface area contributed by atoms with E-state index in [0.717, 1.165) is 19.3 Å². The van der Waals surface area contributed by atoms with Crippen molar-refractivity contribution in [1.82, 2.24) is 5.32 Å². The summed E-state index contributed by atoms with van der Waals surface area (Å²) in [4.78, 5) is 12.3. The van der Waals surface area contributed by atoms with E-state index in [1.54, 1.807) is 0 Å². The van der Waals surface area contributed by atoms with E-state index in [0.29, 0.717) is 12.0 Å². The fraction of sp³-hybridized carbons (Fsp3) is 0.938. The van der Waals surface area contributed by atoms with E-state index < -0.39 is 0 Å². The Morgan fingerprint density at radius 3 is 2.42 bits per heavy atom. The Balaban J connectivity index is 2.03. The van der Waals surface area contributed by atoms with Gasteiger partial charge in [0.1, 0.15) is 5.54 Å². The number of methoxy groups -OCH3 is 1. The van der Waals surface area contributed by atoms with Gasteiger partial charge in [0.2, 0.25) is 0 Å². The molecule has 0 amide bonds. The normalized spacial score (nSPS) is 33.1. The van der Waals surface area contributed by atoms with Crippen molar-refractivity contribution in [3.8, 4) is 0 Å². The minimum Gasteiger partial charge on any atom is -0.468 e. The molecule has 0 aliphatic heterocycles. The summed E-state index contributed by atoms with van der Waals surface area (Å²) < 4.78 is 5.10. The molecule has 0 saturated heterocycles. The van der Waals surface area contributed by atoms with E-state index in [1.165, 1.54) is 52.1 Å². The van der Waals surface area contributed by atoms with Gasteiger partial charge in [0.05, 0.1) is 7.11 Å². The fourth-order valence-corrected chi connectivity index (χ4v) is 3.88. The molecule has 2 rings (SSSR count). The lowest BCUT2D eigenvalue weighted by Crippen LogP contribution is -2.54. The first kappa shape index (κ1) is 14.8. The summed E-state index contributed by atoms with van der Waals surface area (Å²) in [5.41, 5.74) is -0.384. The molecule has 2 fully saturated rings. The fourth-order valence-electron chi connectivity index (χ4n) is 3.88. The third-order valence-corrected chi connectivity index (χ3v) is 5.11. The second-order valence-electron chi connectivity index (χ2n) is 6.42. The standard InChI is InChI=1S/C16H29NO2/c1-3-13-10-11-16(12-13,15(18)19-2)17-14-8-6-4-5-7-9-14/h13-14,17H,3-12H2,1-2H3. The highest BCUT2D eigenvalue weighted by molar-refractivity contribution is 5.81. The van der Waals surface area contributed by atoms with Crippen molar-refractivity contribution in [3.05, 3.63) is 0 Å². The third kappa shape index (κ3) is 3.50. The Labute approximate surface area is 117 Å². The Bertz CT molecular complexity index is 297. The quantitative estimate of drug-likeness (QED) is 0.626. The second kappa shape index (κ2) is 6.74. The van der Waals surface area contributed by atoms with Crippen LogP contribution in [-0.4, -0.2) is 24.7 Å². The van der Waals surface area contributed by atoms with Crippen LogP contribution in [-0.2, 0) is 9.53 Å². The lowest BCUT2D eigenvalue weighted by molar-refractivity contribution is -0.149. The number of hydrogen-bond acceptors (Lipinski definition) is 3. The average molecular weight is 267 g/mol. The van der Waals surface area contributed by atoms with Gasteiger partial charge in [-0.05, 0) is 38.0 Å². The smallest absolute Gasteiger partial charge is 0.326 e. The molecule has 0 bridgehead atoms. The van der Waals surface area contributed by atoms with Gasteiger partial charge in [-0.1, -0.05) is 39.0 Å². The highest BCUT2D eigenvalue weighted by atomic mass is 16.5. The summed E-state index contributed by atoms with van der Waals surface area (Å²) in [6.07, 6.45) is 12.0. The first-order chi connectivity index (χ1) is 9.20. The molecule has 0 radical (unpaired) electrons. The van der Waals surface area contributed by atoms with Crippen molar-refractivity contribution in [3.63, 3.8) is 0 Å². The van der Waals surface area contributed by atoms with Crippen LogP contribution in [0.5, 0.6) is 0 Å². The Morgan fingerprint density at radius 1 is 1.21 bits per heavy atom. The lowest BCUT2D eigenvalue weighted by Gasteiger charge is -2.32. The molecule has 2 aliphatic carbocycles. The monoisotopic (exact) mass is 267 g/mol. The molecule has 110 valence electrons. The van der Waals surface area contributed by atoms with E-state index in [1.807, 2.05) is 0 Å². The number of esters is 1. The van der Waals surface area contributed by atoms with Crippen molar-refractivity contribution in [2.24, 2.45) is 5.92 Å². The van der Waals surface area contributed by atoms with Crippen LogP contribution in [0.25, 0.3) is 0 Å². The minimum absolute atomic E-state index is 0.0345. The minimum atomic E-state index is -0.384. The van der Waals surface area contributed by atoms with Gasteiger partial charge >= 0.3 is 5.97 Å². The SMILES string of the molecule is CCC1CCC(NC2CCCCCC2)(C(=O)OC)C1. The predicted octanol–water partition coefficient (Wildman–Crippen LogP) is 3.42. The van der Waals surface area contributed by atoms with E-state index in [4.69, 9.17) is 4.74 Å². The van der Waals surface area contributed by atoms with Gasteiger partial charge in [0, 0.05) is 6.04 Å². The molecule has 0 aromatic carbocycles. The predicted molar refractivity (Wildman–Crippen MR) is 77.0 cm³/mol. The Hall–Kier alpha value is -0.570. The topological polar surface area (TPSA) is 38.3 Å². The summed E-state index contributed by atoms with van der Waals surface area (Å²) in [7, 11) is 1.53. The van der Waals surface area contributed by atoms with Gasteiger partial charge in [0.15, 0.2) is 0 Å². The van der Waals surface area contributed by atoms with Crippen LogP contribution in [0.4, 0.5) is 0 Å². The summed E-state index contributed by atoms with van der Waals surface area (Å²) in [6, 6.07) is 0.511. The average Bonchev–Trinajstić information content (AvgIpc) is 2.68. The largest absolute Gasteiger partial charge is 0.468 e. The summed E-state index contributed by atoms with van der Waals surface area (Å²) in [5.74, 6) is 0.644. The van der Waals surface area contributed by atoms with Gasteiger partial charge in [-0.2, -0.15) is 0 Å². The molecule has 19 heavy (non-hydrogen) atoms. The van der Waals surface area contributed by atoms with Gasteiger partial charge in [-0.3, -0.25) is 10.1 Å². The summed E-state index contributed by atoms with van der Waals surface area (Å²) in [6.45, 7) is 2.23. The maximum atomic E-state index is 12.3. The summed E-state index contributed by atoms with van der Waals surface area (Å²) >= 11 is 0. The zero-order valence-electron chi connectivity index (χ0n) is 12.5. The summed E-state index contributed by atoms with van der Waals surface area (Å²) in [5, 5.41) is 3.71. The van der Waals surface area contributed by atoms with Crippen LogP contribution >= 0.6 is 0 Å². The van der Waals surface area contributed by atoms with Gasteiger partial charge in [-0.15, -0.1) is 0 Å². The molecule has 0 heterocycles. The van der Waals surface area contributed by atoms with E-state index in [2.05, 4.69) is 12.2 Å². The molecule has 2 unspecified atom stereocenters. The molecule has 0 spiro atoms. The van der Waals surface area contributed by atoms with Gasteiger partial charge in [0.25, 0.3) is 0 Å². The van der Waals surface area contributed by atoms with Crippen LogP contribution in [0.2, 0.25) is 0 Å². The van der Waals surface area contributed by atoms with Crippen LogP contribution < -0.4 is 5.32 Å². The number of rotatable bonds is 4. The van der Waals surface area contributed by atoms with Crippen LogP contribution in [0.3, 0.4) is 0 Å². The number of carbonyl (C=O) groups is 1. The maximum Gasteiger partial charge on any atom is 0.326 e. The molecule has 2 atom stereocenters. The van der Waals surface area contributed by atoms with Crippen molar-refractivity contribution in [2.45, 2.75) is 82.7 Å². The molecule has 3 nitrogen and oxygen atoms in total. The first-order valence-corrected chi connectivity index (χ1v) is 8.06. The Kier molecular flexibility index (Phi) is 5.26. The van der Waals surface area contributed by atoms with Gasteiger partial charge in [-0.25, -0.2) is 0 Å². The molecular weight excluding hydrogens is 238 g/mol. The van der Waals surface area contributed by atoms with Crippen molar-refractivity contribution >= 4 is 5.97 Å². The van der Waals surface area contributed by atoms with E-state index >= 15 is 0 Å². The van der Waals surface area contributed by atoms with Crippen LogP contribution in [0, 0.1) is 5.92 Å². The molecule has 1 N–H and O–H groups in total. The molecule has 3 heteroatoms. The van der Waals surface area contributed by atoms with Crippen molar-refractivity contribution in [1.29, 1.82) is 0 Å². The van der Waals surface area contributed by atoms with Crippen LogP contribution in [0.1, 0.15) is 71.1 Å². The zero-order valence-corrected chi connectivity index (χ0v) is 12.5. The Morgan fingerprint density at radius 2 is 1.89 bits per heavy atom. The number of carbonyl (C=O) groups excluding carboxylic acids is 1. The number of hydrogen-bond donors (Lipinski definition) is 1. The first-order valence-electron chi connectivity index (χ1n) is 8.06. The lowest BCUT2D eigenvalue weighted by atomic mass is 9.92. The zero-order chi connectivity index (χ0) is 13.7. The van der Waals surface area contributed by atoms with Crippen LogP contribution in [0.15, 0.2) is 0 Å². The number of nitrogens with one attached hydrogen (secondary N) is 1. The van der Waals surface area contributed by atoms with Crippen molar-refractivity contribution < 1.29 is 9.53 Å².